The molecule has 1 aliphatic heterocycles. The summed E-state index contributed by atoms with van der Waals surface area (Å²) in [5.41, 5.74) is 0.765. The maximum absolute atomic E-state index is 12.4. The highest BCUT2D eigenvalue weighted by Gasteiger charge is 2.27. The number of anilines is 2. The van der Waals surface area contributed by atoms with E-state index >= 15 is 0 Å². The molecule has 2 heterocycles. The molecule has 0 saturated carbocycles. The molecule has 0 unspecified atom stereocenters. The van der Waals surface area contributed by atoms with E-state index in [1.54, 1.807) is 13.0 Å². The average Bonchev–Trinajstić information content (AvgIpc) is 3.07. The van der Waals surface area contributed by atoms with Gasteiger partial charge in [0, 0.05) is 30.9 Å². The van der Waals surface area contributed by atoms with Crippen LogP contribution in [-0.4, -0.2) is 47.2 Å². The van der Waals surface area contributed by atoms with Gasteiger partial charge in [0.2, 0.25) is 5.91 Å². The van der Waals surface area contributed by atoms with Gasteiger partial charge in [0.1, 0.15) is 5.76 Å². The third-order valence-corrected chi connectivity index (χ3v) is 4.70. The van der Waals surface area contributed by atoms with Crippen molar-refractivity contribution in [2.24, 2.45) is 0 Å². The first-order valence-corrected chi connectivity index (χ1v) is 9.12. The van der Waals surface area contributed by atoms with Crippen LogP contribution in [0.1, 0.15) is 25.5 Å². The smallest absolute Gasteiger partial charge is 0.319 e. The van der Waals surface area contributed by atoms with E-state index in [4.69, 9.17) is 4.52 Å². The number of nitrogens with one attached hydrogen (secondary N) is 3. The molecule has 1 aromatic heterocycles. The first kappa shape index (κ1) is 18.9. The summed E-state index contributed by atoms with van der Waals surface area (Å²) in [4.78, 5) is 26.6. The number of aromatic nitrogens is 1. The monoisotopic (exact) mass is 371 g/mol. The van der Waals surface area contributed by atoms with Gasteiger partial charge in [0.05, 0.1) is 6.04 Å². The molecule has 0 aliphatic carbocycles. The minimum absolute atomic E-state index is 0.0958. The Morgan fingerprint density at radius 1 is 1.19 bits per heavy atom. The van der Waals surface area contributed by atoms with E-state index in [0.29, 0.717) is 11.6 Å². The number of para-hydroxylation sites is 1. The van der Waals surface area contributed by atoms with Gasteiger partial charge in [-0.1, -0.05) is 23.4 Å². The van der Waals surface area contributed by atoms with Crippen LogP contribution in [0.15, 0.2) is 40.9 Å². The van der Waals surface area contributed by atoms with Crippen molar-refractivity contribution in [1.82, 2.24) is 15.4 Å². The number of amides is 3. The molecule has 3 N–H and O–H groups in total. The van der Waals surface area contributed by atoms with Crippen molar-refractivity contribution >= 4 is 23.4 Å². The van der Waals surface area contributed by atoms with E-state index in [9.17, 15) is 9.59 Å². The van der Waals surface area contributed by atoms with Gasteiger partial charge in [-0.15, -0.1) is 0 Å². The van der Waals surface area contributed by atoms with Crippen LogP contribution in [0.4, 0.5) is 16.3 Å². The zero-order valence-corrected chi connectivity index (χ0v) is 15.6. The highest BCUT2D eigenvalue weighted by atomic mass is 16.5. The standard InChI is InChI=1S/C19H25N5O3/c1-13-12-17(23-27-13)22-18(25)14(2)24-10-8-16(9-11-24)21-19(26)20-15-6-4-3-5-7-15/h3-7,12,14,16H,8-11H2,1-2H3,(H2,20,21,26)(H,22,23,25)/t14-/m0/s1. The number of hydrogen-bond acceptors (Lipinski definition) is 5. The van der Waals surface area contributed by atoms with Crippen LogP contribution < -0.4 is 16.0 Å². The highest BCUT2D eigenvalue weighted by molar-refractivity contribution is 5.93. The quantitative estimate of drug-likeness (QED) is 0.750. The molecule has 1 saturated heterocycles. The molecule has 27 heavy (non-hydrogen) atoms. The van der Waals surface area contributed by atoms with E-state index in [0.717, 1.165) is 31.6 Å². The largest absolute Gasteiger partial charge is 0.360 e. The van der Waals surface area contributed by atoms with Gasteiger partial charge in [-0.25, -0.2) is 4.79 Å². The second-order valence-electron chi connectivity index (χ2n) is 6.76. The molecule has 8 heteroatoms. The predicted molar refractivity (Wildman–Crippen MR) is 103 cm³/mol. The van der Waals surface area contributed by atoms with Crippen LogP contribution in [-0.2, 0) is 4.79 Å². The molecule has 0 spiro atoms. The van der Waals surface area contributed by atoms with Crippen LogP contribution in [0.5, 0.6) is 0 Å². The predicted octanol–water partition coefficient (Wildman–Crippen LogP) is 2.60. The summed E-state index contributed by atoms with van der Waals surface area (Å²) in [6, 6.07) is 10.7. The molecule has 8 nitrogen and oxygen atoms in total. The SMILES string of the molecule is Cc1cc(NC(=O)[C@H](C)N2CCC(NC(=O)Nc3ccccc3)CC2)no1. The molecule has 1 aromatic carbocycles. The summed E-state index contributed by atoms with van der Waals surface area (Å²) in [7, 11) is 0. The van der Waals surface area contributed by atoms with E-state index in [1.807, 2.05) is 37.3 Å². The fraction of sp³-hybridized carbons (Fsp3) is 0.421. The first-order valence-electron chi connectivity index (χ1n) is 9.12. The average molecular weight is 371 g/mol. The minimum Gasteiger partial charge on any atom is -0.360 e. The summed E-state index contributed by atoms with van der Waals surface area (Å²) in [6.45, 7) is 5.13. The molecule has 3 amide bonds. The maximum atomic E-state index is 12.4. The van der Waals surface area contributed by atoms with Gasteiger partial charge >= 0.3 is 6.03 Å². The first-order chi connectivity index (χ1) is 13.0. The van der Waals surface area contributed by atoms with Crippen molar-refractivity contribution in [3.63, 3.8) is 0 Å². The van der Waals surface area contributed by atoms with Crippen molar-refractivity contribution < 1.29 is 14.1 Å². The van der Waals surface area contributed by atoms with Gasteiger partial charge in [-0.05, 0) is 38.8 Å². The summed E-state index contributed by atoms with van der Waals surface area (Å²) < 4.78 is 4.96. The van der Waals surface area contributed by atoms with Crippen molar-refractivity contribution in [2.75, 3.05) is 23.7 Å². The molecule has 0 bridgehead atoms. The second kappa shape index (κ2) is 8.68. The molecule has 144 valence electrons. The minimum atomic E-state index is -0.277. The molecular weight excluding hydrogens is 346 g/mol. The number of urea groups is 1. The van der Waals surface area contributed by atoms with Crippen LogP contribution in [0.3, 0.4) is 0 Å². The Labute approximate surface area is 158 Å². The topological polar surface area (TPSA) is 99.5 Å². The molecule has 0 radical (unpaired) electrons. The maximum Gasteiger partial charge on any atom is 0.319 e. The number of aryl methyl sites for hydroxylation is 1. The van der Waals surface area contributed by atoms with Crippen molar-refractivity contribution in [3.8, 4) is 0 Å². The van der Waals surface area contributed by atoms with Crippen molar-refractivity contribution in [1.29, 1.82) is 0 Å². The lowest BCUT2D eigenvalue weighted by atomic mass is 10.0. The lowest BCUT2D eigenvalue weighted by molar-refractivity contribution is -0.121. The molecule has 3 rings (SSSR count). The third-order valence-electron chi connectivity index (χ3n) is 4.70. The highest BCUT2D eigenvalue weighted by Crippen LogP contribution is 2.15. The third kappa shape index (κ3) is 5.30. The lowest BCUT2D eigenvalue weighted by Gasteiger charge is -2.35. The number of nitrogens with zero attached hydrogens (tertiary/aromatic N) is 2. The van der Waals surface area contributed by atoms with Gasteiger partial charge in [0.15, 0.2) is 5.82 Å². The van der Waals surface area contributed by atoms with E-state index in [-0.39, 0.29) is 24.0 Å². The fourth-order valence-corrected chi connectivity index (χ4v) is 3.13. The Balaban J connectivity index is 1.42. The molecule has 1 atom stereocenters. The van der Waals surface area contributed by atoms with Crippen LogP contribution >= 0.6 is 0 Å². The lowest BCUT2D eigenvalue weighted by Crippen LogP contribution is -2.51. The van der Waals surface area contributed by atoms with Gasteiger partial charge in [0.25, 0.3) is 0 Å². The van der Waals surface area contributed by atoms with Gasteiger partial charge in [-0.2, -0.15) is 0 Å². The van der Waals surface area contributed by atoms with Crippen molar-refractivity contribution in [3.05, 3.63) is 42.2 Å². The van der Waals surface area contributed by atoms with Crippen LogP contribution in [0, 0.1) is 6.92 Å². The van der Waals surface area contributed by atoms with E-state index in [2.05, 4.69) is 26.0 Å². The zero-order valence-electron chi connectivity index (χ0n) is 15.6. The van der Waals surface area contributed by atoms with Gasteiger partial charge < -0.3 is 20.5 Å². The number of benzene rings is 1. The van der Waals surface area contributed by atoms with Crippen molar-refractivity contribution in [2.45, 2.75) is 38.8 Å². The number of piperidine rings is 1. The molecular formula is C19H25N5O3. The number of rotatable bonds is 5. The number of hydrogen-bond donors (Lipinski definition) is 3. The molecule has 2 aromatic rings. The Hall–Kier alpha value is -2.87. The van der Waals surface area contributed by atoms with E-state index < -0.39 is 0 Å². The van der Waals surface area contributed by atoms with Crippen LogP contribution in [0.2, 0.25) is 0 Å². The zero-order chi connectivity index (χ0) is 19.2. The summed E-state index contributed by atoms with van der Waals surface area (Å²) >= 11 is 0. The fourth-order valence-electron chi connectivity index (χ4n) is 3.13. The normalized spacial score (nSPS) is 16.5. The Kier molecular flexibility index (Phi) is 6.08. The molecule has 1 fully saturated rings. The number of likely N-dealkylation sites (tertiary alicyclic amines) is 1. The van der Waals surface area contributed by atoms with E-state index in [1.165, 1.54) is 0 Å². The summed E-state index contributed by atoms with van der Waals surface area (Å²) in [5.74, 6) is 0.966. The Bertz CT molecular complexity index is 769. The number of carbonyl (C=O) groups excluding carboxylic acids is 2. The van der Waals surface area contributed by atoms with Gasteiger partial charge in [-0.3, -0.25) is 9.69 Å². The molecule has 1 aliphatic rings. The number of carbonyl (C=O) groups is 2. The second-order valence-corrected chi connectivity index (χ2v) is 6.76. The van der Waals surface area contributed by atoms with Crippen LogP contribution in [0.25, 0.3) is 0 Å². The Morgan fingerprint density at radius 2 is 1.89 bits per heavy atom. The summed E-state index contributed by atoms with van der Waals surface area (Å²) in [5, 5.41) is 12.4. The Morgan fingerprint density at radius 3 is 2.52 bits per heavy atom. The summed E-state index contributed by atoms with van der Waals surface area (Å²) in [6.07, 6.45) is 1.59.